The molecule has 0 bridgehead atoms. The van der Waals surface area contributed by atoms with Crippen LogP contribution in [0.15, 0.2) is 0 Å². The molecular weight excluding hydrogens is 240 g/mol. The lowest BCUT2D eigenvalue weighted by Crippen LogP contribution is -2.47. The lowest BCUT2D eigenvalue weighted by molar-refractivity contribution is -0.131. The van der Waals surface area contributed by atoms with Gasteiger partial charge in [-0.25, -0.2) is 8.42 Å². The van der Waals surface area contributed by atoms with Crippen LogP contribution < -0.4 is 5.73 Å². The third kappa shape index (κ3) is 2.80. The van der Waals surface area contributed by atoms with E-state index in [-0.39, 0.29) is 17.7 Å². The molecule has 1 atom stereocenters. The number of sulfone groups is 1. The van der Waals surface area contributed by atoms with Crippen molar-refractivity contribution in [1.82, 2.24) is 4.90 Å². The van der Waals surface area contributed by atoms with E-state index < -0.39 is 15.1 Å². The maximum Gasteiger partial charge on any atom is 0.241 e. The van der Waals surface area contributed by atoms with Crippen LogP contribution in [0.2, 0.25) is 0 Å². The van der Waals surface area contributed by atoms with Crippen molar-refractivity contribution in [2.45, 2.75) is 43.4 Å². The van der Waals surface area contributed by atoms with Gasteiger partial charge in [0.2, 0.25) is 5.91 Å². The summed E-state index contributed by atoms with van der Waals surface area (Å²) in [5, 5.41) is -0.802. The molecule has 6 heteroatoms. The van der Waals surface area contributed by atoms with Crippen LogP contribution in [0.4, 0.5) is 0 Å². The quantitative estimate of drug-likeness (QED) is 0.765. The molecule has 0 spiro atoms. The fraction of sp³-hybridized carbons (Fsp3) is 0.909. The molecule has 2 N–H and O–H groups in total. The van der Waals surface area contributed by atoms with Crippen molar-refractivity contribution in [3.05, 3.63) is 0 Å². The second-order valence-electron chi connectivity index (χ2n) is 4.90. The fourth-order valence-electron chi connectivity index (χ4n) is 2.41. The molecule has 1 heterocycles. The van der Waals surface area contributed by atoms with E-state index in [9.17, 15) is 13.2 Å². The lowest BCUT2D eigenvalue weighted by Gasteiger charge is -2.29. The number of hydrogen-bond donors (Lipinski definition) is 1. The molecule has 1 aliphatic heterocycles. The third-order valence-electron chi connectivity index (χ3n) is 3.49. The molecule has 1 saturated carbocycles. The maximum absolute atomic E-state index is 12.3. The van der Waals surface area contributed by atoms with Crippen molar-refractivity contribution in [1.29, 1.82) is 0 Å². The van der Waals surface area contributed by atoms with Crippen molar-refractivity contribution in [3.63, 3.8) is 0 Å². The molecular formula is C11H20N2O3S. The Kier molecular flexibility index (Phi) is 3.73. The van der Waals surface area contributed by atoms with Gasteiger partial charge < -0.3 is 10.6 Å². The van der Waals surface area contributed by atoms with Crippen molar-refractivity contribution in [3.8, 4) is 0 Å². The predicted octanol–water partition coefficient (Wildman–Crippen LogP) is -0.0966. The Morgan fingerprint density at radius 2 is 1.94 bits per heavy atom. The van der Waals surface area contributed by atoms with E-state index >= 15 is 0 Å². The van der Waals surface area contributed by atoms with Crippen molar-refractivity contribution in [2.24, 2.45) is 5.73 Å². The van der Waals surface area contributed by atoms with Crippen LogP contribution in [0.25, 0.3) is 0 Å². The van der Waals surface area contributed by atoms with Gasteiger partial charge in [0.25, 0.3) is 0 Å². The van der Waals surface area contributed by atoms with Gasteiger partial charge in [-0.2, -0.15) is 0 Å². The molecule has 1 saturated heterocycles. The zero-order valence-corrected chi connectivity index (χ0v) is 10.8. The van der Waals surface area contributed by atoms with Gasteiger partial charge in [0.05, 0.1) is 5.75 Å². The molecule has 1 amide bonds. The minimum atomic E-state index is -3.22. The molecule has 0 aromatic heterocycles. The first-order valence-corrected chi connectivity index (χ1v) is 8.00. The van der Waals surface area contributed by atoms with Gasteiger partial charge in [0, 0.05) is 19.1 Å². The van der Waals surface area contributed by atoms with Gasteiger partial charge in [-0.3, -0.25) is 4.79 Å². The topological polar surface area (TPSA) is 80.5 Å². The maximum atomic E-state index is 12.3. The summed E-state index contributed by atoms with van der Waals surface area (Å²) in [6, 6.07) is 0.239. The van der Waals surface area contributed by atoms with E-state index in [1.54, 1.807) is 4.90 Å². The van der Waals surface area contributed by atoms with Gasteiger partial charge >= 0.3 is 0 Å². The standard InChI is InChI=1S/C11H20N2O3S/c12-6-7-13(9-4-5-9)11(14)10-3-1-2-8-17(10,15)16/h9-10H,1-8,12H2. The van der Waals surface area contributed by atoms with Gasteiger partial charge in [-0.15, -0.1) is 0 Å². The second kappa shape index (κ2) is 4.94. The summed E-state index contributed by atoms with van der Waals surface area (Å²) >= 11 is 0. The number of carbonyl (C=O) groups is 1. The highest BCUT2D eigenvalue weighted by Crippen LogP contribution is 2.30. The summed E-state index contributed by atoms with van der Waals surface area (Å²) < 4.78 is 23.8. The number of hydrogen-bond acceptors (Lipinski definition) is 4. The Labute approximate surface area is 102 Å². The molecule has 17 heavy (non-hydrogen) atoms. The number of rotatable bonds is 4. The fourth-order valence-corrected chi connectivity index (χ4v) is 4.27. The van der Waals surface area contributed by atoms with Crippen molar-refractivity contribution < 1.29 is 13.2 Å². The van der Waals surface area contributed by atoms with E-state index in [0.29, 0.717) is 25.9 Å². The molecule has 0 radical (unpaired) electrons. The Bertz CT molecular complexity index is 390. The highest BCUT2D eigenvalue weighted by Gasteiger charge is 2.41. The number of amides is 1. The average molecular weight is 260 g/mol. The van der Waals surface area contributed by atoms with E-state index in [1.165, 1.54) is 0 Å². The van der Waals surface area contributed by atoms with Gasteiger partial charge in [-0.05, 0) is 25.7 Å². The molecule has 1 unspecified atom stereocenters. The minimum Gasteiger partial charge on any atom is -0.337 e. The molecule has 0 aromatic carbocycles. The monoisotopic (exact) mass is 260 g/mol. The first-order valence-electron chi connectivity index (χ1n) is 6.28. The van der Waals surface area contributed by atoms with Crippen LogP contribution in [0.3, 0.4) is 0 Å². The largest absolute Gasteiger partial charge is 0.337 e. The summed E-state index contributed by atoms with van der Waals surface area (Å²) in [7, 11) is -3.22. The first kappa shape index (κ1) is 12.8. The SMILES string of the molecule is NCCN(C(=O)C1CCCCS1(=O)=O)C1CC1. The highest BCUT2D eigenvalue weighted by molar-refractivity contribution is 7.92. The molecule has 98 valence electrons. The van der Waals surface area contributed by atoms with Crippen LogP contribution in [0.1, 0.15) is 32.1 Å². The second-order valence-corrected chi connectivity index (χ2v) is 7.21. The number of nitrogens with zero attached hydrogens (tertiary/aromatic N) is 1. The smallest absolute Gasteiger partial charge is 0.241 e. The van der Waals surface area contributed by atoms with E-state index in [4.69, 9.17) is 5.73 Å². The zero-order valence-electron chi connectivity index (χ0n) is 9.97. The first-order chi connectivity index (χ1) is 8.06. The molecule has 2 aliphatic rings. The Hall–Kier alpha value is -0.620. The van der Waals surface area contributed by atoms with Crippen LogP contribution >= 0.6 is 0 Å². The van der Waals surface area contributed by atoms with Crippen molar-refractivity contribution in [2.75, 3.05) is 18.8 Å². The predicted molar refractivity (Wildman–Crippen MR) is 65.2 cm³/mol. The summed E-state index contributed by atoms with van der Waals surface area (Å²) in [5.74, 6) is -0.0532. The van der Waals surface area contributed by atoms with Crippen LogP contribution in [-0.4, -0.2) is 49.4 Å². The van der Waals surface area contributed by atoms with Gasteiger partial charge in [0.15, 0.2) is 9.84 Å². The summed E-state index contributed by atoms with van der Waals surface area (Å²) in [6.45, 7) is 0.879. The van der Waals surface area contributed by atoms with Crippen LogP contribution in [0, 0.1) is 0 Å². The van der Waals surface area contributed by atoms with Crippen LogP contribution in [0.5, 0.6) is 0 Å². The van der Waals surface area contributed by atoms with E-state index in [0.717, 1.165) is 19.3 Å². The summed E-state index contributed by atoms with van der Waals surface area (Å²) in [5.41, 5.74) is 5.49. The summed E-state index contributed by atoms with van der Waals surface area (Å²) in [4.78, 5) is 14.0. The van der Waals surface area contributed by atoms with Gasteiger partial charge in [-0.1, -0.05) is 6.42 Å². The molecule has 1 aliphatic carbocycles. The average Bonchev–Trinajstić information content (AvgIpc) is 3.08. The van der Waals surface area contributed by atoms with E-state index in [1.807, 2.05) is 0 Å². The van der Waals surface area contributed by atoms with Crippen LogP contribution in [-0.2, 0) is 14.6 Å². The Morgan fingerprint density at radius 1 is 1.24 bits per heavy atom. The van der Waals surface area contributed by atoms with E-state index in [2.05, 4.69) is 0 Å². The number of nitrogens with two attached hydrogens (primary N) is 1. The molecule has 5 nitrogen and oxygen atoms in total. The molecule has 0 aromatic rings. The van der Waals surface area contributed by atoms with Gasteiger partial charge in [0.1, 0.15) is 5.25 Å². The lowest BCUT2D eigenvalue weighted by atomic mass is 10.1. The summed E-state index contributed by atoms with van der Waals surface area (Å²) in [6.07, 6.45) is 3.97. The zero-order chi connectivity index (χ0) is 12.5. The number of carbonyl (C=O) groups excluding carboxylic acids is 1. The molecule has 2 fully saturated rings. The third-order valence-corrected chi connectivity index (χ3v) is 5.66. The minimum absolute atomic E-state index is 0.157. The normalized spacial score (nSPS) is 27.7. The highest BCUT2D eigenvalue weighted by atomic mass is 32.2. The van der Waals surface area contributed by atoms with Crippen molar-refractivity contribution >= 4 is 15.7 Å². The Morgan fingerprint density at radius 3 is 2.47 bits per heavy atom. The Balaban J connectivity index is 2.11. The molecule has 2 rings (SSSR count).